The quantitative estimate of drug-likeness (QED) is 0.754. The van der Waals surface area contributed by atoms with Crippen LogP contribution in [0.25, 0.3) is 10.9 Å². The van der Waals surface area contributed by atoms with E-state index in [2.05, 4.69) is 52.4 Å². The van der Waals surface area contributed by atoms with Gasteiger partial charge in [0.05, 0.1) is 5.52 Å². The summed E-state index contributed by atoms with van der Waals surface area (Å²) in [6.45, 7) is 4.37. The molecule has 0 bridgehead atoms. The maximum absolute atomic E-state index is 6.14. The highest BCUT2D eigenvalue weighted by atomic mass is 127. The summed E-state index contributed by atoms with van der Waals surface area (Å²) < 4.78 is 2.15. The first-order valence-electron chi connectivity index (χ1n) is 5.52. The van der Waals surface area contributed by atoms with Crippen molar-refractivity contribution in [3.05, 3.63) is 31.9 Å². The van der Waals surface area contributed by atoms with Gasteiger partial charge in [-0.3, -0.25) is 4.98 Å². The number of benzene rings is 1. The second kappa shape index (κ2) is 5.10. The summed E-state index contributed by atoms with van der Waals surface area (Å²) in [5.74, 6) is 0.584. The Balaban J connectivity index is 2.68. The average Bonchev–Trinajstić information content (AvgIpc) is 2.22. The van der Waals surface area contributed by atoms with E-state index in [1.807, 2.05) is 18.2 Å². The third-order valence-electron chi connectivity index (χ3n) is 2.56. The van der Waals surface area contributed by atoms with Gasteiger partial charge in [0.2, 0.25) is 0 Å². The number of fused-ring (bicyclic) bond motifs is 1. The van der Waals surface area contributed by atoms with Crippen LogP contribution in [0.2, 0.25) is 0 Å². The number of aromatic nitrogens is 1. The number of nitrogens with zero attached hydrogens (tertiary/aromatic N) is 1. The molecule has 2 rings (SSSR count). The molecule has 0 saturated carbocycles. The zero-order chi connectivity index (χ0) is 12.6. The molecular formula is C13H14BrIN2. The maximum atomic E-state index is 6.14. The number of hydrogen-bond acceptors (Lipinski definition) is 2. The predicted molar refractivity (Wildman–Crippen MR) is 85.1 cm³/mol. The Morgan fingerprint density at radius 1 is 1.41 bits per heavy atom. The van der Waals surface area contributed by atoms with E-state index in [1.54, 1.807) is 0 Å². The zero-order valence-electron chi connectivity index (χ0n) is 9.80. The molecule has 0 atom stereocenters. The van der Waals surface area contributed by atoms with Crippen molar-refractivity contribution in [2.75, 3.05) is 5.73 Å². The van der Waals surface area contributed by atoms with Crippen LogP contribution < -0.4 is 5.73 Å². The normalized spacial score (nSPS) is 11.4. The maximum Gasteiger partial charge on any atom is 0.0878 e. The predicted octanol–water partition coefficient (Wildman–Crippen LogP) is 4.38. The molecule has 2 aromatic rings. The minimum Gasteiger partial charge on any atom is -0.398 e. The monoisotopic (exact) mass is 404 g/mol. The minimum atomic E-state index is 0.584. The lowest BCUT2D eigenvalue weighted by Crippen LogP contribution is -2.01. The largest absolute Gasteiger partial charge is 0.398 e. The summed E-state index contributed by atoms with van der Waals surface area (Å²) in [5, 5.41) is 1.05. The smallest absolute Gasteiger partial charge is 0.0878 e. The molecule has 0 saturated heterocycles. The zero-order valence-corrected chi connectivity index (χ0v) is 13.5. The summed E-state index contributed by atoms with van der Waals surface area (Å²) in [5.41, 5.74) is 8.98. The van der Waals surface area contributed by atoms with Crippen molar-refractivity contribution in [2.45, 2.75) is 20.3 Å². The van der Waals surface area contributed by atoms with Crippen LogP contribution in [0.4, 0.5) is 5.69 Å². The summed E-state index contributed by atoms with van der Waals surface area (Å²) in [6, 6.07) is 6.07. The van der Waals surface area contributed by atoms with Gasteiger partial charge in [0.1, 0.15) is 0 Å². The lowest BCUT2D eigenvalue weighted by atomic mass is 10.1. The van der Waals surface area contributed by atoms with Gasteiger partial charge >= 0.3 is 0 Å². The van der Waals surface area contributed by atoms with E-state index < -0.39 is 0 Å². The van der Waals surface area contributed by atoms with E-state index >= 15 is 0 Å². The number of nitrogen functional groups attached to an aromatic ring is 1. The fourth-order valence-electron chi connectivity index (χ4n) is 1.88. The van der Waals surface area contributed by atoms with Gasteiger partial charge in [-0.05, 0) is 69.1 Å². The second-order valence-corrected chi connectivity index (χ2v) is 6.57. The Morgan fingerprint density at radius 2 is 2.12 bits per heavy atom. The standard InChI is InChI=1S/C13H14BrIN2/c1-7(2)5-8-6-11(16)12-10(15)4-3-9(14)13(12)17-8/h3-4,6-7H,5H2,1-2H3,(H2,16,17). The van der Waals surface area contributed by atoms with Crippen LogP contribution in [0.15, 0.2) is 22.7 Å². The molecule has 0 aliphatic rings. The summed E-state index contributed by atoms with van der Waals surface area (Å²) in [4.78, 5) is 4.70. The van der Waals surface area contributed by atoms with Gasteiger partial charge in [-0.15, -0.1) is 0 Å². The van der Waals surface area contributed by atoms with Gasteiger partial charge in [0.15, 0.2) is 0 Å². The third-order valence-corrected chi connectivity index (χ3v) is 4.10. The number of anilines is 1. The SMILES string of the molecule is CC(C)Cc1cc(N)c2c(I)ccc(Br)c2n1. The number of pyridine rings is 1. The lowest BCUT2D eigenvalue weighted by molar-refractivity contribution is 0.637. The van der Waals surface area contributed by atoms with E-state index in [0.29, 0.717) is 5.92 Å². The van der Waals surface area contributed by atoms with E-state index in [-0.39, 0.29) is 0 Å². The van der Waals surface area contributed by atoms with Gasteiger partial charge in [-0.1, -0.05) is 13.8 Å². The molecule has 0 aliphatic heterocycles. The first kappa shape index (κ1) is 13.1. The van der Waals surface area contributed by atoms with E-state index in [9.17, 15) is 0 Å². The summed E-state index contributed by atoms with van der Waals surface area (Å²) in [7, 11) is 0. The fraction of sp³-hybridized carbons (Fsp3) is 0.308. The van der Waals surface area contributed by atoms with E-state index in [0.717, 1.165) is 36.7 Å². The molecule has 0 aliphatic carbocycles. The van der Waals surface area contributed by atoms with E-state index in [1.165, 1.54) is 0 Å². The summed E-state index contributed by atoms with van der Waals surface area (Å²) in [6.07, 6.45) is 0.956. The first-order valence-corrected chi connectivity index (χ1v) is 7.39. The third kappa shape index (κ3) is 2.73. The van der Waals surface area contributed by atoms with Crippen molar-refractivity contribution in [2.24, 2.45) is 5.92 Å². The molecule has 17 heavy (non-hydrogen) atoms. The first-order chi connectivity index (χ1) is 7.99. The van der Waals surface area contributed by atoms with Crippen molar-refractivity contribution >= 4 is 55.1 Å². The highest BCUT2D eigenvalue weighted by Crippen LogP contribution is 2.31. The molecule has 1 aromatic carbocycles. The van der Waals surface area contributed by atoms with Gasteiger partial charge in [-0.2, -0.15) is 0 Å². The molecule has 2 nitrogen and oxygen atoms in total. The highest BCUT2D eigenvalue weighted by Gasteiger charge is 2.10. The Bertz CT molecular complexity index is 567. The van der Waals surface area contributed by atoms with Crippen LogP contribution in [0, 0.1) is 9.49 Å². The van der Waals surface area contributed by atoms with Crippen molar-refractivity contribution in [1.29, 1.82) is 0 Å². The second-order valence-electron chi connectivity index (χ2n) is 4.55. The molecule has 1 heterocycles. The molecule has 1 aromatic heterocycles. The fourth-order valence-corrected chi connectivity index (χ4v) is 3.04. The van der Waals surface area contributed by atoms with Crippen LogP contribution >= 0.6 is 38.5 Å². The molecule has 0 radical (unpaired) electrons. The van der Waals surface area contributed by atoms with Gasteiger partial charge in [-0.25, -0.2) is 0 Å². The molecule has 2 N–H and O–H groups in total. The van der Waals surface area contributed by atoms with Gasteiger partial charge < -0.3 is 5.73 Å². The van der Waals surface area contributed by atoms with Crippen molar-refractivity contribution < 1.29 is 0 Å². The van der Waals surface area contributed by atoms with Gasteiger partial charge in [0.25, 0.3) is 0 Å². The molecule has 0 unspecified atom stereocenters. The Kier molecular flexibility index (Phi) is 3.92. The van der Waals surface area contributed by atoms with Gasteiger partial charge in [0, 0.05) is 24.8 Å². The van der Waals surface area contributed by atoms with Crippen LogP contribution in [-0.2, 0) is 6.42 Å². The number of nitrogens with two attached hydrogens (primary N) is 1. The highest BCUT2D eigenvalue weighted by molar-refractivity contribution is 14.1. The van der Waals surface area contributed by atoms with E-state index in [4.69, 9.17) is 10.7 Å². The van der Waals surface area contributed by atoms with Crippen LogP contribution in [-0.4, -0.2) is 4.98 Å². The molecule has 0 spiro atoms. The van der Waals surface area contributed by atoms with Crippen molar-refractivity contribution in [3.63, 3.8) is 0 Å². The molecule has 90 valence electrons. The Labute approximate surface area is 123 Å². The molecule has 0 fully saturated rings. The number of rotatable bonds is 2. The topological polar surface area (TPSA) is 38.9 Å². The van der Waals surface area contributed by atoms with Crippen LogP contribution in [0.5, 0.6) is 0 Å². The molecular weight excluding hydrogens is 391 g/mol. The van der Waals surface area contributed by atoms with Crippen molar-refractivity contribution in [3.8, 4) is 0 Å². The molecule has 4 heteroatoms. The van der Waals surface area contributed by atoms with Crippen LogP contribution in [0.1, 0.15) is 19.5 Å². The Morgan fingerprint density at radius 3 is 2.76 bits per heavy atom. The number of halogens is 2. The molecule has 0 amide bonds. The number of hydrogen-bond donors (Lipinski definition) is 1. The Hall–Kier alpha value is -0.360. The van der Waals surface area contributed by atoms with Crippen molar-refractivity contribution in [1.82, 2.24) is 4.98 Å². The van der Waals surface area contributed by atoms with Crippen LogP contribution in [0.3, 0.4) is 0 Å². The summed E-state index contributed by atoms with van der Waals surface area (Å²) >= 11 is 5.84. The minimum absolute atomic E-state index is 0.584. The lowest BCUT2D eigenvalue weighted by Gasteiger charge is -2.10. The average molecular weight is 405 g/mol.